The smallest absolute Gasteiger partial charge is 0.151 e. The number of fused-ring (bicyclic) bond motifs is 1. The molecule has 0 amide bonds. The summed E-state index contributed by atoms with van der Waals surface area (Å²) in [6.07, 6.45) is 2.88. The first kappa shape index (κ1) is 15.8. The number of anilines is 1. The number of nitrogens with two attached hydrogens (primary N) is 1. The van der Waals surface area contributed by atoms with E-state index in [-0.39, 0.29) is 0 Å². The van der Waals surface area contributed by atoms with Gasteiger partial charge in [0.2, 0.25) is 0 Å². The number of nitrogens with zero attached hydrogens (tertiary/aromatic N) is 3. The third kappa shape index (κ3) is 3.74. The molecule has 0 saturated carbocycles. The van der Waals surface area contributed by atoms with Crippen molar-refractivity contribution >= 4 is 11.5 Å². The summed E-state index contributed by atoms with van der Waals surface area (Å²) in [5.41, 5.74) is 7.96. The molecule has 2 rings (SSSR count). The van der Waals surface area contributed by atoms with Gasteiger partial charge in [0.1, 0.15) is 5.65 Å². The molecule has 0 saturated heterocycles. The van der Waals surface area contributed by atoms with Gasteiger partial charge in [-0.1, -0.05) is 19.9 Å². The third-order valence-electron chi connectivity index (χ3n) is 3.44. The van der Waals surface area contributed by atoms with Crippen LogP contribution in [0.1, 0.15) is 19.5 Å². The van der Waals surface area contributed by atoms with Crippen LogP contribution in [0.4, 0.5) is 5.82 Å². The number of methoxy groups -OCH3 is 1. The molecule has 116 valence electrons. The SMILES string of the molecule is COCCN(CC(C)C)c1nc2ccccn2c1CCN. The Labute approximate surface area is 126 Å². The van der Waals surface area contributed by atoms with Crippen molar-refractivity contribution < 1.29 is 4.74 Å². The van der Waals surface area contributed by atoms with Crippen LogP contribution in [0, 0.1) is 5.92 Å². The molecule has 0 atom stereocenters. The maximum Gasteiger partial charge on any atom is 0.151 e. The normalized spacial score (nSPS) is 11.5. The molecule has 2 aromatic heterocycles. The number of hydrogen-bond acceptors (Lipinski definition) is 4. The lowest BCUT2D eigenvalue weighted by Crippen LogP contribution is -2.32. The average molecular weight is 290 g/mol. The largest absolute Gasteiger partial charge is 0.383 e. The molecule has 2 heterocycles. The van der Waals surface area contributed by atoms with Crippen molar-refractivity contribution in [1.29, 1.82) is 0 Å². The van der Waals surface area contributed by atoms with Gasteiger partial charge >= 0.3 is 0 Å². The summed E-state index contributed by atoms with van der Waals surface area (Å²) in [5, 5.41) is 0. The van der Waals surface area contributed by atoms with E-state index in [0.29, 0.717) is 19.1 Å². The maximum absolute atomic E-state index is 5.80. The van der Waals surface area contributed by atoms with Gasteiger partial charge in [-0.2, -0.15) is 0 Å². The minimum absolute atomic E-state index is 0.567. The summed E-state index contributed by atoms with van der Waals surface area (Å²) in [4.78, 5) is 7.13. The zero-order valence-electron chi connectivity index (χ0n) is 13.2. The van der Waals surface area contributed by atoms with Crippen molar-refractivity contribution in [3.63, 3.8) is 0 Å². The molecule has 0 radical (unpaired) electrons. The highest BCUT2D eigenvalue weighted by Gasteiger charge is 2.18. The predicted molar refractivity (Wildman–Crippen MR) is 86.9 cm³/mol. The van der Waals surface area contributed by atoms with E-state index >= 15 is 0 Å². The molecule has 5 heteroatoms. The summed E-state index contributed by atoms with van der Waals surface area (Å²) in [5.74, 6) is 1.61. The zero-order valence-corrected chi connectivity index (χ0v) is 13.2. The van der Waals surface area contributed by atoms with Crippen molar-refractivity contribution in [2.24, 2.45) is 11.7 Å². The fraction of sp³-hybridized carbons (Fsp3) is 0.562. The van der Waals surface area contributed by atoms with E-state index in [1.165, 1.54) is 5.69 Å². The first-order valence-electron chi connectivity index (χ1n) is 7.57. The number of aromatic nitrogens is 2. The summed E-state index contributed by atoms with van der Waals surface area (Å²) in [7, 11) is 1.73. The van der Waals surface area contributed by atoms with Crippen LogP contribution in [0.2, 0.25) is 0 Å². The molecule has 0 unspecified atom stereocenters. The van der Waals surface area contributed by atoms with Gasteiger partial charge in [-0.15, -0.1) is 0 Å². The van der Waals surface area contributed by atoms with Crippen molar-refractivity contribution in [2.45, 2.75) is 20.3 Å². The lowest BCUT2D eigenvalue weighted by molar-refractivity contribution is 0.204. The molecule has 0 aromatic carbocycles. The number of rotatable bonds is 8. The highest BCUT2D eigenvalue weighted by Crippen LogP contribution is 2.23. The first-order valence-corrected chi connectivity index (χ1v) is 7.57. The lowest BCUT2D eigenvalue weighted by Gasteiger charge is -2.25. The highest BCUT2D eigenvalue weighted by molar-refractivity contribution is 5.56. The van der Waals surface area contributed by atoms with Crippen LogP contribution in [0.25, 0.3) is 5.65 Å². The molecule has 0 aliphatic rings. The second-order valence-corrected chi connectivity index (χ2v) is 5.68. The molecule has 0 fully saturated rings. The fourth-order valence-electron chi connectivity index (χ4n) is 2.58. The van der Waals surface area contributed by atoms with Gasteiger partial charge in [-0.25, -0.2) is 4.98 Å². The second kappa shape index (κ2) is 7.43. The average Bonchev–Trinajstić information content (AvgIpc) is 2.82. The van der Waals surface area contributed by atoms with Crippen LogP contribution < -0.4 is 10.6 Å². The number of imidazole rings is 1. The van der Waals surface area contributed by atoms with E-state index in [0.717, 1.165) is 31.0 Å². The van der Waals surface area contributed by atoms with Gasteiger partial charge in [-0.3, -0.25) is 0 Å². The zero-order chi connectivity index (χ0) is 15.2. The van der Waals surface area contributed by atoms with Crippen molar-refractivity contribution in [3.8, 4) is 0 Å². The van der Waals surface area contributed by atoms with Crippen LogP contribution in [-0.4, -0.2) is 42.7 Å². The standard InChI is InChI=1S/C16H26N4O/c1-13(2)12-19(10-11-21-3)16-14(7-8-17)20-9-5-4-6-15(20)18-16/h4-6,9,13H,7-8,10-12,17H2,1-3H3. The van der Waals surface area contributed by atoms with E-state index in [1.807, 2.05) is 18.2 Å². The van der Waals surface area contributed by atoms with Crippen LogP contribution in [0.15, 0.2) is 24.4 Å². The van der Waals surface area contributed by atoms with Crippen molar-refractivity contribution in [2.75, 3.05) is 38.3 Å². The van der Waals surface area contributed by atoms with Gasteiger partial charge in [0.15, 0.2) is 5.82 Å². The quantitative estimate of drug-likeness (QED) is 0.807. The Balaban J connectivity index is 2.41. The minimum atomic E-state index is 0.567. The molecule has 2 aromatic rings. The molecular formula is C16H26N4O. The van der Waals surface area contributed by atoms with Crippen molar-refractivity contribution in [1.82, 2.24) is 9.38 Å². The second-order valence-electron chi connectivity index (χ2n) is 5.68. The van der Waals surface area contributed by atoms with Gasteiger partial charge in [0, 0.05) is 32.8 Å². The van der Waals surface area contributed by atoms with E-state index in [9.17, 15) is 0 Å². The molecule has 5 nitrogen and oxygen atoms in total. The summed E-state index contributed by atoms with van der Waals surface area (Å²) in [6.45, 7) is 7.56. The van der Waals surface area contributed by atoms with Gasteiger partial charge in [0.25, 0.3) is 0 Å². The van der Waals surface area contributed by atoms with Crippen LogP contribution >= 0.6 is 0 Å². The molecule has 0 aliphatic heterocycles. The van der Waals surface area contributed by atoms with Gasteiger partial charge in [0.05, 0.1) is 12.3 Å². The maximum atomic E-state index is 5.80. The van der Waals surface area contributed by atoms with E-state index in [2.05, 4.69) is 29.3 Å². The Morgan fingerprint density at radius 2 is 2.19 bits per heavy atom. The Morgan fingerprint density at radius 1 is 1.38 bits per heavy atom. The lowest BCUT2D eigenvalue weighted by atomic mass is 10.2. The number of hydrogen-bond donors (Lipinski definition) is 1. The Bertz CT molecular complexity index is 564. The van der Waals surface area contributed by atoms with Gasteiger partial charge < -0.3 is 19.8 Å². The Morgan fingerprint density at radius 3 is 2.86 bits per heavy atom. The van der Waals surface area contributed by atoms with Crippen LogP contribution in [-0.2, 0) is 11.2 Å². The minimum Gasteiger partial charge on any atom is -0.383 e. The monoisotopic (exact) mass is 290 g/mol. The Kier molecular flexibility index (Phi) is 5.59. The van der Waals surface area contributed by atoms with E-state index in [4.69, 9.17) is 15.5 Å². The van der Waals surface area contributed by atoms with Crippen LogP contribution in [0.5, 0.6) is 0 Å². The fourth-order valence-corrected chi connectivity index (χ4v) is 2.58. The van der Waals surface area contributed by atoms with Crippen molar-refractivity contribution in [3.05, 3.63) is 30.1 Å². The first-order chi connectivity index (χ1) is 10.2. The molecule has 0 bridgehead atoms. The van der Waals surface area contributed by atoms with E-state index in [1.54, 1.807) is 7.11 Å². The van der Waals surface area contributed by atoms with Gasteiger partial charge in [-0.05, 0) is 24.6 Å². The summed E-state index contributed by atoms with van der Waals surface area (Å²) >= 11 is 0. The molecule has 0 aliphatic carbocycles. The predicted octanol–water partition coefficient (Wildman–Crippen LogP) is 1.94. The number of ether oxygens (including phenoxy) is 1. The summed E-state index contributed by atoms with van der Waals surface area (Å²) in [6, 6.07) is 6.08. The highest BCUT2D eigenvalue weighted by atomic mass is 16.5. The molecule has 2 N–H and O–H groups in total. The van der Waals surface area contributed by atoms with E-state index < -0.39 is 0 Å². The third-order valence-corrected chi connectivity index (χ3v) is 3.44. The molecule has 21 heavy (non-hydrogen) atoms. The summed E-state index contributed by atoms with van der Waals surface area (Å²) < 4.78 is 7.39. The molecule has 0 spiro atoms. The Hall–Kier alpha value is -1.59. The van der Waals surface area contributed by atoms with Crippen LogP contribution in [0.3, 0.4) is 0 Å². The molecular weight excluding hydrogens is 264 g/mol. The number of pyridine rings is 1. The topological polar surface area (TPSA) is 55.8 Å².